The van der Waals surface area contributed by atoms with Crippen molar-refractivity contribution in [2.75, 3.05) is 11.8 Å². The molecule has 37 heavy (non-hydrogen) atoms. The highest BCUT2D eigenvalue weighted by atomic mass is 32.2. The molecule has 1 aromatic carbocycles. The summed E-state index contributed by atoms with van der Waals surface area (Å²) in [6.07, 6.45) is 6.59. The van der Waals surface area contributed by atoms with Gasteiger partial charge in [0.25, 0.3) is 10.0 Å². The zero-order chi connectivity index (χ0) is 26.2. The van der Waals surface area contributed by atoms with Crippen molar-refractivity contribution in [2.24, 2.45) is 11.8 Å². The first-order valence-corrected chi connectivity index (χ1v) is 13.1. The Morgan fingerprint density at radius 2 is 1.95 bits per heavy atom. The van der Waals surface area contributed by atoms with E-state index in [2.05, 4.69) is 38.6 Å². The monoisotopic (exact) mass is 523 g/mol. The molecule has 0 radical (unpaired) electrons. The Labute approximate surface area is 212 Å². The first-order chi connectivity index (χ1) is 17.7. The van der Waals surface area contributed by atoms with E-state index in [1.807, 2.05) is 0 Å². The van der Waals surface area contributed by atoms with Crippen LogP contribution in [-0.2, 0) is 10.0 Å². The van der Waals surface area contributed by atoms with Gasteiger partial charge in [-0.3, -0.25) is 4.72 Å². The summed E-state index contributed by atoms with van der Waals surface area (Å²) in [5, 5.41) is 4.64. The van der Waals surface area contributed by atoms with Gasteiger partial charge in [-0.05, 0) is 55.0 Å². The number of halogens is 2. The fourth-order valence-corrected chi connectivity index (χ4v) is 5.47. The van der Waals surface area contributed by atoms with Crippen LogP contribution in [0, 0.1) is 35.3 Å². The number of nitrogens with one attached hydrogen (secondary N) is 1. The van der Waals surface area contributed by atoms with Gasteiger partial charge in [0.2, 0.25) is 5.88 Å². The van der Waals surface area contributed by atoms with Crippen molar-refractivity contribution in [3.05, 3.63) is 66.1 Å². The van der Waals surface area contributed by atoms with Crippen LogP contribution in [-0.4, -0.2) is 35.1 Å². The summed E-state index contributed by atoms with van der Waals surface area (Å²) < 4.78 is 62.2. The topological polar surface area (TPSA) is 98.5 Å². The molecule has 5 rings (SSSR count). The Kier molecular flexibility index (Phi) is 6.52. The number of sulfonamides is 1. The summed E-state index contributed by atoms with van der Waals surface area (Å²) in [6.45, 7) is 2.21. The molecule has 4 aromatic rings. The number of hydrogen-bond acceptors (Lipinski definition) is 6. The Bertz CT molecular complexity index is 1660. The summed E-state index contributed by atoms with van der Waals surface area (Å²) in [5.74, 6) is 5.32. The highest BCUT2D eigenvalue weighted by Gasteiger charge is 2.23. The van der Waals surface area contributed by atoms with Crippen LogP contribution in [0.3, 0.4) is 0 Å². The van der Waals surface area contributed by atoms with Gasteiger partial charge in [-0.15, -0.1) is 0 Å². The van der Waals surface area contributed by atoms with Gasteiger partial charge in [0, 0.05) is 23.7 Å². The van der Waals surface area contributed by atoms with Crippen LogP contribution in [0.5, 0.6) is 5.88 Å². The van der Waals surface area contributed by atoms with E-state index in [0.717, 1.165) is 18.6 Å². The molecule has 0 saturated heterocycles. The molecule has 1 saturated carbocycles. The summed E-state index contributed by atoms with van der Waals surface area (Å²) in [5.41, 5.74) is 2.17. The van der Waals surface area contributed by atoms with Gasteiger partial charge < -0.3 is 4.74 Å². The van der Waals surface area contributed by atoms with Gasteiger partial charge in [-0.1, -0.05) is 19.3 Å². The fourth-order valence-electron chi connectivity index (χ4n) is 4.36. The number of aromatic nitrogens is 4. The lowest BCUT2D eigenvalue weighted by Crippen LogP contribution is -2.16. The van der Waals surface area contributed by atoms with Crippen molar-refractivity contribution in [3.8, 4) is 29.0 Å². The molecule has 0 bridgehead atoms. The number of anilines is 1. The van der Waals surface area contributed by atoms with Gasteiger partial charge in [-0.25, -0.2) is 31.7 Å². The number of hydrogen-bond donors (Lipinski definition) is 1. The second-order valence-electron chi connectivity index (χ2n) is 8.88. The lowest BCUT2D eigenvalue weighted by atomic mass is 9.99. The molecule has 1 aliphatic rings. The van der Waals surface area contributed by atoms with Crippen molar-refractivity contribution in [3.63, 3.8) is 0 Å². The Hall–Kier alpha value is -4.04. The average Bonchev–Trinajstić information content (AvgIpc) is 3.47. The predicted molar refractivity (Wildman–Crippen MR) is 133 cm³/mol. The van der Waals surface area contributed by atoms with Crippen LogP contribution in [0.4, 0.5) is 14.5 Å². The Morgan fingerprint density at radius 3 is 2.68 bits per heavy atom. The molecule has 2 atom stereocenters. The zero-order valence-electron chi connectivity index (χ0n) is 20.1. The van der Waals surface area contributed by atoms with Crippen LogP contribution in [0.25, 0.3) is 16.9 Å². The molecular weight excluding hydrogens is 500 g/mol. The third kappa shape index (κ3) is 4.97. The molecule has 8 nitrogen and oxygen atoms in total. The smallest absolute Gasteiger partial charge is 0.264 e. The Morgan fingerprint density at radius 1 is 1.11 bits per heavy atom. The minimum Gasteiger partial charge on any atom is -0.480 e. The summed E-state index contributed by atoms with van der Waals surface area (Å²) in [4.78, 5) is 7.84. The number of fused-ring (bicyclic) bond motifs is 1. The number of imidazole rings is 1. The van der Waals surface area contributed by atoms with E-state index in [0.29, 0.717) is 40.5 Å². The van der Waals surface area contributed by atoms with Crippen molar-refractivity contribution >= 4 is 21.4 Å². The molecule has 0 amide bonds. The lowest BCUT2D eigenvalue weighted by molar-refractivity contribution is 0.400. The van der Waals surface area contributed by atoms with E-state index >= 15 is 0 Å². The van der Waals surface area contributed by atoms with Crippen molar-refractivity contribution < 1.29 is 21.9 Å². The third-order valence-electron chi connectivity index (χ3n) is 6.38. The standard InChI is InChI=1S/C26H23F2N5O3S/c1-16-4-3-5-17(16)6-8-20-15-29-25-11-9-22(31-33(20)25)18-12-23(26(36-2)30-14-18)32-37(34,35)24-10-7-19(27)13-21(24)28/h7,9-17,32H,3-5H2,1-2H3. The highest BCUT2D eigenvalue weighted by Crippen LogP contribution is 2.31. The highest BCUT2D eigenvalue weighted by molar-refractivity contribution is 7.92. The van der Waals surface area contributed by atoms with E-state index in [9.17, 15) is 17.2 Å². The maximum atomic E-state index is 14.2. The van der Waals surface area contributed by atoms with Crippen molar-refractivity contribution in [2.45, 2.75) is 31.1 Å². The SMILES string of the molecule is COc1ncc(-c2ccc3ncc(C#CC4CCCC4C)n3n2)cc1NS(=O)(=O)c1ccc(F)cc1F. The molecule has 11 heteroatoms. The predicted octanol–water partition coefficient (Wildman–Crippen LogP) is 4.67. The van der Waals surface area contributed by atoms with E-state index in [1.54, 1.807) is 22.8 Å². The van der Waals surface area contributed by atoms with Crippen molar-refractivity contribution in [1.82, 2.24) is 19.6 Å². The first-order valence-electron chi connectivity index (χ1n) is 11.6. The van der Waals surface area contributed by atoms with Gasteiger partial charge in [0.15, 0.2) is 5.65 Å². The van der Waals surface area contributed by atoms with Gasteiger partial charge in [0.1, 0.15) is 27.9 Å². The molecule has 1 fully saturated rings. The largest absolute Gasteiger partial charge is 0.480 e. The summed E-state index contributed by atoms with van der Waals surface area (Å²) >= 11 is 0. The van der Waals surface area contributed by atoms with Crippen molar-refractivity contribution in [1.29, 1.82) is 0 Å². The summed E-state index contributed by atoms with van der Waals surface area (Å²) in [6, 6.07) is 7.18. The lowest BCUT2D eigenvalue weighted by Gasteiger charge is -2.13. The molecular formula is C26H23F2N5O3S. The van der Waals surface area contributed by atoms with Gasteiger partial charge in [-0.2, -0.15) is 5.10 Å². The van der Waals surface area contributed by atoms with Gasteiger partial charge in [0.05, 0.1) is 19.0 Å². The number of nitrogens with zero attached hydrogens (tertiary/aromatic N) is 4. The average molecular weight is 524 g/mol. The van der Waals surface area contributed by atoms with E-state index in [1.165, 1.54) is 32.2 Å². The summed E-state index contributed by atoms with van der Waals surface area (Å²) in [7, 11) is -3.09. The number of rotatable bonds is 5. The second-order valence-corrected chi connectivity index (χ2v) is 10.5. The molecule has 1 aliphatic carbocycles. The molecule has 1 N–H and O–H groups in total. The molecule has 190 valence electrons. The Balaban J connectivity index is 1.50. The number of pyridine rings is 1. The molecule has 3 heterocycles. The van der Waals surface area contributed by atoms with E-state index in [4.69, 9.17) is 4.74 Å². The molecule has 3 aromatic heterocycles. The maximum absolute atomic E-state index is 14.2. The van der Waals surface area contributed by atoms with Crippen LogP contribution in [0.2, 0.25) is 0 Å². The quantitative estimate of drug-likeness (QED) is 0.382. The molecule has 0 aliphatic heterocycles. The van der Waals surface area contributed by atoms with E-state index in [-0.39, 0.29) is 11.6 Å². The zero-order valence-corrected chi connectivity index (χ0v) is 20.9. The van der Waals surface area contributed by atoms with Gasteiger partial charge >= 0.3 is 0 Å². The third-order valence-corrected chi connectivity index (χ3v) is 7.78. The minimum atomic E-state index is -4.41. The maximum Gasteiger partial charge on any atom is 0.264 e. The first kappa shape index (κ1) is 24.6. The van der Waals surface area contributed by atoms with Crippen LogP contribution in [0.1, 0.15) is 31.9 Å². The number of methoxy groups -OCH3 is 1. The van der Waals surface area contributed by atoms with Crippen LogP contribution >= 0.6 is 0 Å². The fraction of sp³-hybridized carbons (Fsp3) is 0.269. The second kappa shape index (κ2) is 9.78. The van der Waals surface area contributed by atoms with E-state index < -0.39 is 26.6 Å². The molecule has 2 unspecified atom stereocenters. The number of benzene rings is 1. The molecule has 0 spiro atoms. The van der Waals surface area contributed by atoms with Crippen LogP contribution in [0.15, 0.2) is 53.7 Å². The minimum absolute atomic E-state index is 0.0317. The van der Waals surface area contributed by atoms with Crippen LogP contribution < -0.4 is 9.46 Å². The normalized spacial score (nSPS) is 17.4. The number of ether oxygens (including phenoxy) is 1.